The number of esters is 1. The molecule has 3 aliphatic heterocycles. The summed E-state index contributed by atoms with van der Waals surface area (Å²) in [4.78, 5) is 17.9. The Labute approximate surface area is 186 Å². The van der Waals surface area contributed by atoms with Gasteiger partial charge in [-0.15, -0.1) is 0 Å². The average molecular weight is 425 g/mol. The largest absolute Gasteiger partial charge is 0.462 e. The van der Waals surface area contributed by atoms with Crippen LogP contribution < -0.4 is 4.90 Å². The highest BCUT2D eigenvalue weighted by Gasteiger charge is 2.78. The summed E-state index contributed by atoms with van der Waals surface area (Å²) in [7, 11) is 0. The Morgan fingerprint density at radius 3 is 2.77 bits per heavy atom. The molecule has 1 aromatic rings. The third-order valence-corrected chi connectivity index (χ3v) is 9.39. The van der Waals surface area contributed by atoms with Gasteiger partial charge >= 0.3 is 5.97 Å². The van der Waals surface area contributed by atoms with Crippen LogP contribution in [0.5, 0.6) is 0 Å². The zero-order chi connectivity index (χ0) is 21.4. The first kappa shape index (κ1) is 20.0. The lowest BCUT2D eigenvalue weighted by atomic mass is 9.53. The van der Waals surface area contributed by atoms with Gasteiger partial charge in [0, 0.05) is 49.7 Å². The van der Waals surface area contributed by atoms with E-state index in [1.54, 1.807) is 0 Å². The molecule has 0 bridgehead atoms. The number of anilines is 1. The van der Waals surface area contributed by atoms with Crippen LogP contribution in [0.3, 0.4) is 0 Å². The smallest absolute Gasteiger partial charge is 0.311 e. The van der Waals surface area contributed by atoms with Crippen molar-refractivity contribution in [2.24, 2.45) is 23.2 Å². The lowest BCUT2D eigenvalue weighted by Crippen LogP contribution is -2.55. The van der Waals surface area contributed by atoms with Gasteiger partial charge in [0.25, 0.3) is 0 Å². The summed E-state index contributed by atoms with van der Waals surface area (Å²) in [5.74, 6) is 0.831. The van der Waals surface area contributed by atoms with E-state index < -0.39 is 0 Å². The Morgan fingerprint density at radius 1 is 1.19 bits per heavy atom. The molecule has 0 amide bonds. The first-order chi connectivity index (χ1) is 14.9. The van der Waals surface area contributed by atoms with Crippen LogP contribution in [0.15, 0.2) is 24.3 Å². The number of hydrogen-bond donors (Lipinski definition) is 0. The minimum Gasteiger partial charge on any atom is -0.462 e. The van der Waals surface area contributed by atoms with E-state index >= 15 is 0 Å². The summed E-state index contributed by atoms with van der Waals surface area (Å²) in [6, 6.07) is 8.76. The average Bonchev–Trinajstić information content (AvgIpc) is 3.43. The van der Waals surface area contributed by atoms with Crippen LogP contribution in [0.4, 0.5) is 5.69 Å². The first-order valence-electron chi connectivity index (χ1n) is 12.3. The summed E-state index contributed by atoms with van der Waals surface area (Å²) < 4.78 is 12.6. The summed E-state index contributed by atoms with van der Waals surface area (Å²) >= 11 is 0. The number of fused-ring (bicyclic) bond motifs is 2. The molecule has 0 radical (unpaired) electrons. The van der Waals surface area contributed by atoms with Crippen molar-refractivity contribution in [1.82, 2.24) is 4.90 Å². The third kappa shape index (κ3) is 2.92. The van der Waals surface area contributed by atoms with Crippen LogP contribution in [0.2, 0.25) is 0 Å². The molecule has 5 aliphatic rings. The molecule has 0 aromatic heterocycles. The molecule has 0 unspecified atom stereocenters. The van der Waals surface area contributed by atoms with Gasteiger partial charge in [-0.25, -0.2) is 0 Å². The Balaban J connectivity index is 1.14. The van der Waals surface area contributed by atoms with Gasteiger partial charge in [-0.05, 0) is 49.8 Å². The summed E-state index contributed by atoms with van der Waals surface area (Å²) in [5, 5.41) is 0. The van der Waals surface area contributed by atoms with E-state index in [0.29, 0.717) is 5.92 Å². The van der Waals surface area contributed by atoms with Crippen molar-refractivity contribution in [3.05, 3.63) is 29.8 Å². The molecule has 6 rings (SSSR count). The molecule has 0 N–H and O–H groups in total. The lowest BCUT2D eigenvalue weighted by Gasteiger charge is -2.49. The van der Waals surface area contributed by atoms with Crippen LogP contribution in [0.1, 0.15) is 45.1 Å². The van der Waals surface area contributed by atoms with Gasteiger partial charge in [-0.1, -0.05) is 32.4 Å². The van der Waals surface area contributed by atoms with Crippen LogP contribution in [-0.4, -0.2) is 61.4 Å². The zero-order valence-corrected chi connectivity index (χ0v) is 19.2. The maximum atomic E-state index is 13.0. The van der Waals surface area contributed by atoms with Gasteiger partial charge in [0.05, 0.1) is 12.0 Å². The number of ether oxygens (including phenoxy) is 2. The zero-order valence-electron chi connectivity index (χ0n) is 19.2. The van der Waals surface area contributed by atoms with Crippen molar-refractivity contribution < 1.29 is 14.3 Å². The Bertz CT molecular complexity index is 881. The van der Waals surface area contributed by atoms with Crippen molar-refractivity contribution in [2.45, 2.75) is 64.3 Å². The molecule has 5 heteroatoms. The quantitative estimate of drug-likeness (QED) is 0.548. The molecular weight excluding hydrogens is 388 g/mol. The summed E-state index contributed by atoms with van der Waals surface area (Å²) in [6.07, 6.45) is 5.00. The van der Waals surface area contributed by atoms with E-state index in [9.17, 15) is 4.79 Å². The SMILES string of the molecule is Cc1cccc(N2CCN(C[C@@H]3C(=O)O[C@@H]4C[C@@]5(C)CCC[C@H](C)[C@@]56O[C@H]6[C@H]34)CC2)c1. The number of epoxide rings is 1. The normalized spacial score (nSPS) is 44.3. The number of carbonyl (C=O) groups excluding carboxylic acids is 1. The molecule has 5 nitrogen and oxygen atoms in total. The topological polar surface area (TPSA) is 45.3 Å². The molecule has 1 aromatic carbocycles. The van der Waals surface area contributed by atoms with Crippen molar-refractivity contribution >= 4 is 11.7 Å². The van der Waals surface area contributed by atoms with Crippen LogP contribution in [-0.2, 0) is 14.3 Å². The van der Waals surface area contributed by atoms with Crippen LogP contribution in [0, 0.1) is 30.1 Å². The molecule has 3 saturated heterocycles. The molecular formula is C26H36N2O3. The number of hydrogen-bond acceptors (Lipinski definition) is 5. The van der Waals surface area contributed by atoms with Gasteiger partial charge in [0.1, 0.15) is 11.7 Å². The molecule has 1 spiro atoms. The molecule has 2 saturated carbocycles. The number of benzene rings is 1. The van der Waals surface area contributed by atoms with Gasteiger partial charge in [0.2, 0.25) is 0 Å². The Hall–Kier alpha value is -1.59. The van der Waals surface area contributed by atoms with Crippen LogP contribution in [0.25, 0.3) is 0 Å². The molecule has 5 fully saturated rings. The number of aryl methyl sites for hydroxylation is 1. The standard InChI is InChI=1S/C26H36N2O3/c1-17-6-4-8-19(14-17)28-12-10-27(11-13-28)16-20-22-21(30-24(20)29)15-25(3)9-5-7-18(2)26(25)23(22)31-26/h4,6,8,14,18,20-23H,5,7,9-13,15-16H2,1-3H3/t18-,20-,21+,22+,23-,25+,26-/m0/s1. The van der Waals surface area contributed by atoms with Gasteiger partial charge in [-0.2, -0.15) is 0 Å². The fraction of sp³-hybridized carbons (Fsp3) is 0.731. The second-order valence-corrected chi connectivity index (χ2v) is 11.2. The molecule has 2 aliphatic carbocycles. The highest BCUT2D eigenvalue weighted by atomic mass is 16.6. The number of nitrogens with zero attached hydrogens (tertiary/aromatic N) is 2. The van der Waals surface area contributed by atoms with Crippen molar-refractivity contribution in [3.8, 4) is 0 Å². The minimum atomic E-state index is -0.0291. The second-order valence-electron chi connectivity index (χ2n) is 11.2. The number of carbonyl (C=O) groups is 1. The van der Waals surface area contributed by atoms with E-state index in [4.69, 9.17) is 9.47 Å². The fourth-order valence-electron chi connectivity index (χ4n) is 7.73. The van der Waals surface area contributed by atoms with Crippen molar-refractivity contribution in [3.63, 3.8) is 0 Å². The van der Waals surface area contributed by atoms with Gasteiger partial charge < -0.3 is 14.4 Å². The van der Waals surface area contributed by atoms with E-state index in [0.717, 1.165) is 39.1 Å². The number of piperazine rings is 1. The molecule has 3 heterocycles. The minimum absolute atomic E-state index is 0.00249. The first-order valence-corrected chi connectivity index (χ1v) is 12.3. The molecule has 31 heavy (non-hydrogen) atoms. The summed E-state index contributed by atoms with van der Waals surface area (Å²) in [6.45, 7) is 11.8. The maximum Gasteiger partial charge on any atom is 0.311 e. The maximum absolute atomic E-state index is 13.0. The highest BCUT2D eigenvalue weighted by Crippen LogP contribution is 2.70. The Morgan fingerprint density at radius 2 is 2.00 bits per heavy atom. The molecule has 7 atom stereocenters. The highest BCUT2D eigenvalue weighted by molar-refractivity contribution is 5.76. The lowest BCUT2D eigenvalue weighted by molar-refractivity contribution is -0.146. The summed E-state index contributed by atoms with van der Waals surface area (Å²) in [5.41, 5.74) is 2.79. The second kappa shape index (κ2) is 6.95. The predicted octanol–water partition coefficient (Wildman–Crippen LogP) is 3.64. The van der Waals surface area contributed by atoms with E-state index in [2.05, 4.69) is 54.8 Å². The molecule has 168 valence electrons. The van der Waals surface area contributed by atoms with Gasteiger partial charge in [-0.3, -0.25) is 9.69 Å². The van der Waals surface area contributed by atoms with E-state index in [1.807, 2.05) is 0 Å². The van der Waals surface area contributed by atoms with E-state index in [1.165, 1.54) is 30.5 Å². The van der Waals surface area contributed by atoms with Crippen molar-refractivity contribution in [2.75, 3.05) is 37.6 Å². The van der Waals surface area contributed by atoms with Gasteiger partial charge in [0.15, 0.2) is 0 Å². The predicted molar refractivity (Wildman–Crippen MR) is 120 cm³/mol. The van der Waals surface area contributed by atoms with Crippen LogP contribution >= 0.6 is 0 Å². The van der Waals surface area contributed by atoms with Crippen molar-refractivity contribution in [1.29, 1.82) is 0 Å². The number of rotatable bonds is 3. The van der Waals surface area contributed by atoms with E-state index in [-0.39, 0.29) is 41.0 Å². The fourth-order valence-corrected chi connectivity index (χ4v) is 7.73. The third-order valence-electron chi connectivity index (χ3n) is 9.39. The monoisotopic (exact) mass is 424 g/mol. The Kier molecular flexibility index (Phi) is 4.50.